The van der Waals surface area contributed by atoms with Gasteiger partial charge in [0.15, 0.2) is 0 Å². The predicted molar refractivity (Wildman–Crippen MR) is 74.1 cm³/mol. The molecule has 1 N–H and O–H groups in total. The molecule has 0 aromatic carbocycles. The third-order valence-electron chi connectivity index (χ3n) is 4.52. The summed E-state index contributed by atoms with van der Waals surface area (Å²) >= 11 is 2.15. The zero-order valence-corrected chi connectivity index (χ0v) is 11.5. The molecule has 1 saturated carbocycles. The van der Waals surface area contributed by atoms with E-state index in [4.69, 9.17) is 0 Å². The summed E-state index contributed by atoms with van der Waals surface area (Å²) in [6.07, 6.45) is 11.8. The third-order valence-corrected chi connectivity index (χ3v) is 5.57. The van der Waals surface area contributed by atoms with Gasteiger partial charge in [-0.15, -0.1) is 0 Å². The first kappa shape index (κ1) is 12.8. The molecule has 1 unspecified atom stereocenters. The van der Waals surface area contributed by atoms with E-state index in [0.29, 0.717) is 0 Å². The zero-order valence-electron chi connectivity index (χ0n) is 10.7. The quantitative estimate of drug-likeness (QED) is 0.805. The second-order valence-electron chi connectivity index (χ2n) is 5.58. The highest BCUT2D eigenvalue weighted by Crippen LogP contribution is 2.32. The van der Waals surface area contributed by atoms with Gasteiger partial charge in [-0.3, -0.25) is 0 Å². The van der Waals surface area contributed by atoms with E-state index in [1.165, 1.54) is 62.9 Å². The molecule has 1 heterocycles. The van der Waals surface area contributed by atoms with Crippen LogP contribution in [-0.4, -0.2) is 24.6 Å². The van der Waals surface area contributed by atoms with E-state index in [0.717, 1.165) is 17.9 Å². The van der Waals surface area contributed by atoms with Crippen molar-refractivity contribution in [3.05, 3.63) is 0 Å². The van der Waals surface area contributed by atoms with Crippen LogP contribution in [0.15, 0.2) is 0 Å². The Labute approximate surface area is 105 Å². The fourth-order valence-corrected chi connectivity index (χ4v) is 4.63. The topological polar surface area (TPSA) is 12.0 Å². The van der Waals surface area contributed by atoms with Crippen molar-refractivity contribution in [3.63, 3.8) is 0 Å². The molecule has 0 bridgehead atoms. The summed E-state index contributed by atoms with van der Waals surface area (Å²) in [5.41, 5.74) is 0. The van der Waals surface area contributed by atoms with Crippen molar-refractivity contribution in [1.29, 1.82) is 0 Å². The van der Waals surface area contributed by atoms with E-state index in [1.807, 2.05) is 0 Å². The lowest BCUT2D eigenvalue weighted by Gasteiger charge is -2.33. The second-order valence-corrected chi connectivity index (χ2v) is 6.81. The van der Waals surface area contributed by atoms with Crippen LogP contribution in [0.1, 0.15) is 51.4 Å². The van der Waals surface area contributed by atoms with Gasteiger partial charge < -0.3 is 5.32 Å². The Morgan fingerprint density at radius 3 is 2.38 bits per heavy atom. The minimum absolute atomic E-state index is 0.813. The summed E-state index contributed by atoms with van der Waals surface area (Å²) in [7, 11) is 2.18. The molecule has 0 spiro atoms. The molecule has 0 aromatic heterocycles. The lowest BCUT2D eigenvalue weighted by molar-refractivity contribution is 0.237. The largest absolute Gasteiger partial charge is 0.317 e. The van der Waals surface area contributed by atoms with Crippen LogP contribution in [0.25, 0.3) is 0 Å². The van der Waals surface area contributed by atoms with Crippen molar-refractivity contribution >= 4 is 11.8 Å². The van der Waals surface area contributed by atoms with Crippen molar-refractivity contribution in [2.24, 2.45) is 11.8 Å². The van der Waals surface area contributed by atoms with Gasteiger partial charge in [-0.1, -0.05) is 19.3 Å². The number of hydrogen-bond donors (Lipinski definition) is 1. The van der Waals surface area contributed by atoms with Crippen LogP contribution in [0.3, 0.4) is 0 Å². The van der Waals surface area contributed by atoms with E-state index in [2.05, 4.69) is 24.1 Å². The Hall–Kier alpha value is 0.310. The molecule has 1 aliphatic heterocycles. The van der Waals surface area contributed by atoms with Crippen LogP contribution in [-0.2, 0) is 0 Å². The summed E-state index contributed by atoms with van der Waals surface area (Å²) in [5, 5.41) is 3.61. The molecule has 2 fully saturated rings. The minimum Gasteiger partial charge on any atom is -0.317 e. The maximum absolute atomic E-state index is 3.61. The summed E-state index contributed by atoms with van der Waals surface area (Å²) in [4.78, 5) is 0. The first-order valence-corrected chi connectivity index (χ1v) is 8.30. The van der Waals surface area contributed by atoms with Gasteiger partial charge in [0, 0.05) is 6.04 Å². The summed E-state index contributed by atoms with van der Waals surface area (Å²) in [6.45, 7) is 0. The molecule has 1 aliphatic carbocycles. The molecule has 2 aliphatic rings. The number of thioether (sulfide) groups is 1. The van der Waals surface area contributed by atoms with Gasteiger partial charge in [0.25, 0.3) is 0 Å². The molecule has 0 aromatic rings. The maximum atomic E-state index is 3.61. The molecule has 94 valence electrons. The van der Waals surface area contributed by atoms with Crippen LogP contribution < -0.4 is 5.32 Å². The van der Waals surface area contributed by atoms with Gasteiger partial charge in [0.05, 0.1) is 0 Å². The molecular formula is C14H27NS. The lowest BCUT2D eigenvalue weighted by Crippen LogP contribution is -2.37. The average molecular weight is 241 g/mol. The average Bonchev–Trinajstić information content (AvgIpc) is 2.38. The number of hydrogen-bond acceptors (Lipinski definition) is 2. The van der Waals surface area contributed by atoms with Crippen LogP contribution >= 0.6 is 11.8 Å². The zero-order chi connectivity index (χ0) is 11.2. The van der Waals surface area contributed by atoms with E-state index in [1.54, 1.807) is 0 Å². The van der Waals surface area contributed by atoms with Crippen LogP contribution in [0.4, 0.5) is 0 Å². The van der Waals surface area contributed by atoms with Crippen molar-refractivity contribution in [3.8, 4) is 0 Å². The lowest BCUT2D eigenvalue weighted by atomic mass is 9.79. The molecule has 1 nitrogen and oxygen atoms in total. The molecular weight excluding hydrogens is 214 g/mol. The summed E-state index contributed by atoms with van der Waals surface area (Å²) < 4.78 is 0. The SMILES string of the molecule is CNC(CC1CCSCC1)C1CCCCC1. The van der Waals surface area contributed by atoms with Gasteiger partial charge in [0.2, 0.25) is 0 Å². The molecule has 0 amide bonds. The number of rotatable bonds is 4. The van der Waals surface area contributed by atoms with E-state index >= 15 is 0 Å². The molecule has 16 heavy (non-hydrogen) atoms. The van der Waals surface area contributed by atoms with E-state index in [9.17, 15) is 0 Å². The fourth-order valence-electron chi connectivity index (χ4n) is 3.42. The Bertz CT molecular complexity index is 183. The first-order chi connectivity index (χ1) is 7.90. The smallest absolute Gasteiger partial charge is 0.00949 e. The molecule has 2 rings (SSSR count). The Kier molecular flexibility index (Phi) is 5.51. The van der Waals surface area contributed by atoms with Gasteiger partial charge in [-0.05, 0) is 62.5 Å². The van der Waals surface area contributed by atoms with Crippen molar-refractivity contribution in [2.75, 3.05) is 18.6 Å². The highest BCUT2D eigenvalue weighted by atomic mass is 32.2. The van der Waals surface area contributed by atoms with E-state index in [-0.39, 0.29) is 0 Å². The van der Waals surface area contributed by atoms with Gasteiger partial charge in [-0.25, -0.2) is 0 Å². The molecule has 1 atom stereocenters. The van der Waals surface area contributed by atoms with Gasteiger partial charge >= 0.3 is 0 Å². The van der Waals surface area contributed by atoms with Crippen molar-refractivity contribution in [2.45, 2.75) is 57.4 Å². The van der Waals surface area contributed by atoms with Gasteiger partial charge in [0.1, 0.15) is 0 Å². The monoisotopic (exact) mass is 241 g/mol. The minimum atomic E-state index is 0.813. The predicted octanol–water partition coefficient (Wildman–Crippen LogP) is 3.69. The first-order valence-electron chi connectivity index (χ1n) is 7.15. The van der Waals surface area contributed by atoms with E-state index < -0.39 is 0 Å². The van der Waals surface area contributed by atoms with Crippen LogP contribution in [0.5, 0.6) is 0 Å². The molecule has 1 saturated heterocycles. The summed E-state index contributed by atoms with van der Waals surface area (Å²) in [6, 6.07) is 0.813. The standard InChI is InChI=1S/C14H27NS/c1-15-14(13-5-3-2-4-6-13)11-12-7-9-16-10-8-12/h12-15H,2-11H2,1H3. The Morgan fingerprint density at radius 1 is 1.06 bits per heavy atom. The fraction of sp³-hybridized carbons (Fsp3) is 1.00. The Balaban J connectivity index is 1.78. The normalized spacial score (nSPS) is 26.8. The highest BCUT2D eigenvalue weighted by molar-refractivity contribution is 7.99. The number of nitrogens with one attached hydrogen (secondary N) is 1. The Morgan fingerprint density at radius 2 is 1.75 bits per heavy atom. The second kappa shape index (κ2) is 6.90. The molecule has 2 heteroatoms. The molecule has 0 radical (unpaired) electrons. The third kappa shape index (κ3) is 3.66. The van der Waals surface area contributed by atoms with Crippen molar-refractivity contribution in [1.82, 2.24) is 5.32 Å². The van der Waals surface area contributed by atoms with Crippen LogP contribution in [0, 0.1) is 11.8 Å². The van der Waals surface area contributed by atoms with Crippen LogP contribution in [0.2, 0.25) is 0 Å². The van der Waals surface area contributed by atoms with Crippen molar-refractivity contribution < 1.29 is 0 Å². The maximum Gasteiger partial charge on any atom is 0.00949 e. The van der Waals surface area contributed by atoms with Gasteiger partial charge in [-0.2, -0.15) is 11.8 Å². The summed E-state index contributed by atoms with van der Waals surface area (Å²) in [5.74, 6) is 4.81. The highest BCUT2D eigenvalue weighted by Gasteiger charge is 2.25.